The number of nitrogens with one attached hydrogen (secondary N) is 1. The number of amides is 1. The standard InChI is InChI=1S/C17H19BrFN3O3S2/c1-12(17(23)20-15-5-4-13(18)11-14(15)19)21-6-8-22(9-7-21)27(24,25)16-3-2-10-26-16/h2-5,10-12H,6-9H2,1H3,(H,20,23). The van der Waals surface area contributed by atoms with E-state index in [1.54, 1.807) is 30.5 Å². The van der Waals surface area contributed by atoms with E-state index in [4.69, 9.17) is 0 Å². The van der Waals surface area contributed by atoms with E-state index in [1.165, 1.54) is 27.8 Å². The average Bonchev–Trinajstić information content (AvgIpc) is 3.19. The summed E-state index contributed by atoms with van der Waals surface area (Å²) in [7, 11) is -3.48. The van der Waals surface area contributed by atoms with Gasteiger partial charge in [-0.3, -0.25) is 9.69 Å². The minimum atomic E-state index is -3.48. The van der Waals surface area contributed by atoms with Gasteiger partial charge >= 0.3 is 0 Å². The number of carbonyl (C=O) groups is 1. The van der Waals surface area contributed by atoms with Gasteiger partial charge in [0.1, 0.15) is 10.0 Å². The molecule has 10 heteroatoms. The molecule has 1 aliphatic heterocycles. The molecule has 1 amide bonds. The summed E-state index contributed by atoms with van der Waals surface area (Å²) in [6.45, 7) is 3.22. The first kappa shape index (κ1) is 20.4. The molecular formula is C17H19BrFN3O3S2. The lowest BCUT2D eigenvalue weighted by Gasteiger charge is -2.36. The van der Waals surface area contributed by atoms with Gasteiger partial charge in [0.15, 0.2) is 0 Å². The number of rotatable bonds is 5. The van der Waals surface area contributed by atoms with E-state index in [2.05, 4.69) is 21.2 Å². The topological polar surface area (TPSA) is 69.7 Å². The van der Waals surface area contributed by atoms with Gasteiger partial charge in [0.05, 0.1) is 11.7 Å². The van der Waals surface area contributed by atoms with E-state index in [1.807, 2.05) is 4.90 Å². The van der Waals surface area contributed by atoms with Crippen LogP contribution in [0.25, 0.3) is 0 Å². The van der Waals surface area contributed by atoms with Gasteiger partial charge in [-0.05, 0) is 36.6 Å². The number of sulfonamides is 1. The van der Waals surface area contributed by atoms with Crippen molar-refractivity contribution >= 4 is 48.9 Å². The first-order valence-electron chi connectivity index (χ1n) is 8.32. The molecule has 27 heavy (non-hydrogen) atoms. The zero-order valence-electron chi connectivity index (χ0n) is 14.6. The van der Waals surface area contributed by atoms with Crippen molar-refractivity contribution < 1.29 is 17.6 Å². The Balaban J connectivity index is 1.59. The highest BCUT2D eigenvalue weighted by molar-refractivity contribution is 9.10. The highest BCUT2D eigenvalue weighted by Gasteiger charge is 2.32. The summed E-state index contributed by atoms with van der Waals surface area (Å²) in [5.41, 5.74) is 0.119. The molecular weight excluding hydrogens is 457 g/mol. The smallest absolute Gasteiger partial charge is 0.252 e. The third-order valence-electron chi connectivity index (χ3n) is 4.48. The lowest BCUT2D eigenvalue weighted by molar-refractivity contribution is -0.121. The third kappa shape index (κ3) is 4.57. The first-order valence-corrected chi connectivity index (χ1v) is 11.4. The molecule has 0 aliphatic carbocycles. The molecule has 2 heterocycles. The number of nitrogens with zero attached hydrogens (tertiary/aromatic N) is 2. The Morgan fingerprint density at radius 2 is 1.96 bits per heavy atom. The monoisotopic (exact) mass is 475 g/mol. The van der Waals surface area contributed by atoms with E-state index < -0.39 is 21.9 Å². The second kappa shape index (κ2) is 8.36. The molecule has 6 nitrogen and oxygen atoms in total. The average molecular weight is 476 g/mol. The van der Waals surface area contributed by atoms with Crippen LogP contribution in [-0.4, -0.2) is 55.8 Å². The van der Waals surface area contributed by atoms with E-state index in [9.17, 15) is 17.6 Å². The molecule has 0 spiro atoms. The van der Waals surface area contributed by atoms with Crippen LogP contribution in [0.4, 0.5) is 10.1 Å². The molecule has 1 fully saturated rings. The van der Waals surface area contributed by atoms with Crippen LogP contribution in [0.3, 0.4) is 0 Å². The van der Waals surface area contributed by atoms with Gasteiger partial charge in [-0.1, -0.05) is 22.0 Å². The fourth-order valence-corrected chi connectivity index (χ4v) is 5.76. The van der Waals surface area contributed by atoms with Gasteiger partial charge in [-0.2, -0.15) is 4.31 Å². The highest BCUT2D eigenvalue weighted by Crippen LogP contribution is 2.23. The molecule has 2 aromatic rings. The highest BCUT2D eigenvalue weighted by atomic mass is 79.9. The molecule has 1 aromatic heterocycles. The molecule has 1 aromatic carbocycles. The fraction of sp³-hybridized carbons (Fsp3) is 0.353. The van der Waals surface area contributed by atoms with Crippen LogP contribution in [0.2, 0.25) is 0 Å². The SMILES string of the molecule is CC(C(=O)Nc1ccc(Br)cc1F)N1CCN(S(=O)(=O)c2cccs2)CC1. The molecule has 1 saturated heterocycles. The molecule has 146 valence electrons. The molecule has 0 radical (unpaired) electrons. The Hall–Kier alpha value is -1.33. The quantitative estimate of drug-likeness (QED) is 0.721. The summed E-state index contributed by atoms with van der Waals surface area (Å²) in [5, 5.41) is 4.32. The maximum absolute atomic E-state index is 13.9. The van der Waals surface area contributed by atoms with Crippen molar-refractivity contribution in [3.05, 3.63) is 46.0 Å². The van der Waals surface area contributed by atoms with Crippen LogP contribution in [0, 0.1) is 5.82 Å². The van der Waals surface area contributed by atoms with Gasteiger partial charge in [0.2, 0.25) is 5.91 Å². The van der Waals surface area contributed by atoms with E-state index in [0.29, 0.717) is 34.9 Å². The van der Waals surface area contributed by atoms with E-state index in [0.717, 1.165) is 0 Å². The van der Waals surface area contributed by atoms with Gasteiger partial charge in [-0.15, -0.1) is 11.3 Å². The number of hydrogen-bond donors (Lipinski definition) is 1. The Kier molecular flexibility index (Phi) is 6.32. The minimum absolute atomic E-state index is 0.119. The summed E-state index contributed by atoms with van der Waals surface area (Å²) in [4.78, 5) is 14.3. The second-order valence-corrected chi connectivity index (χ2v) is 10.2. The zero-order chi connectivity index (χ0) is 19.6. The van der Waals surface area contributed by atoms with Crippen LogP contribution in [0.5, 0.6) is 0 Å². The van der Waals surface area contributed by atoms with Crippen molar-refractivity contribution in [2.45, 2.75) is 17.2 Å². The predicted molar refractivity (Wildman–Crippen MR) is 107 cm³/mol. The Bertz CT molecular complexity index is 914. The largest absolute Gasteiger partial charge is 0.322 e. The maximum Gasteiger partial charge on any atom is 0.252 e. The molecule has 0 bridgehead atoms. The zero-order valence-corrected chi connectivity index (χ0v) is 17.8. The Labute approximate surface area is 170 Å². The van der Waals surface area contributed by atoms with Crippen LogP contribution >= 0.6 is 27.3 Å². The number of hydrogen-bond acceptors (Lipinski definition) is 5. The number of anilines is 1. The lowest BCUT2D eigenvalue weighted by atomic mass is 10.2. The van der Waals surface area contributed by atoms with Crippen LogP contribution in [0.1, 0.15) is 6.92 Å². The third-order valence-corrected chi connectivity index (χ3v) is 8.24. The summed E-state index contributed by atoms with van der Waals surface area (Å²) in [5.74, 6) is -0.845. The first-order chi connectivity index (χ1) is 12.8. The molecule has 3 rings (SSSR count). The molecule has 1 aliphatic rings. The summed E-state index contributed by atoms with van der Waals surface area (Å²) in [6, 6.07) is 7.23. The summed E-state index contributed by atoms with van der Waals surface area (Å²) >= 11 is 4.37. The number of thiophene rings is 1. The number of benzene rings is 1. The van der Waals surface area contributed by atoms with E-state index in [-0.39, 0.29) is 11.6 Å². The van der Waals surface area contributed by atoms with Gasteiger partial charge < -0.3 is 5.32 Å². The number of halogens is 2. The normalized spacial score (nSPS) is 17.6. The van der Waals surface area contributed by atoms with Crippen molar-refractivity contribution in [3.63, 3.8) is 0 Å². The summed E-state index contributed by atoms with van der Waals surface area (Å²) < 4.78 is 41.4. The second-order valence-electron chi connectivity index (χ2n) is 6.16. The Morgan fingerprint density at radius 1 is 1.26 bits per heavy atom. The van der Waals surface area contributed by atoms with E-state index >= 15 is 0 Å². The predicted octanol–water partition coefficient (Wildman–Crippen LogP) is 2.98. The van der Waals surface area contributed by atoms with Gasteiger partial charge in [0.25, 0.3) is 10.0 Å². The fourth-order valence-electron chi connectivity index (χ4n) is 2.86. The van der Waals surface area contributed by atoms with Crippen molar-refractivity contribution in [2.75, 3.05) is 31.5 Å². The Morgan fingerprint density at radius 3 is 2.56 bits per heavy atom. The molecule has 0 saturated carbocycles. The van der Waals surface area contributed by atoms with Gasteiger partial charge in [-0.25, -0.2) is 12.8 Å². The van der Waals surface area contributed by atoms with Crippen molar-refractivity contribution in [3.8, 4) is 0 Å². The maximum atomic E-state index is 13.9. The minimum Gasteiger partial charge on any atom is -0.322 e. The lowest BCUT2D eigenvalue weighted by Crippen LogP contribution is -2.53. The molecule has 1 unspecified atom stereocenters. The molecule has 1 N–H and O–H groups in total. The number of carbonyl (C=O) groups excluding carboxylic acids is 1. The van der Waals surface area contributed by atoms with Crippen molar-refractivity contribution in [1.82, 2.24) is 9.21 Å². The van der Waals surface area contributed by atoms with Gasteiger partial charge in [0, 0.05) is 30.7 Å². The molecule has 1 atom stereocenters. The van der Waals surface area contributed by atoms with Crippen LogP contribution in [-0.2, 0) is 14.8 Å². The van der Waals surface area contributed by atoms with Crippen LogP contribution in [0.15, 0.2) is 44.4 Å². The van der Waals surface area contributed by atoms with Crippen LogP contribution < -0.4 is 5.32 Å². The number of piperazine rings is 1. The van der Waals surface area contributed by atoms with Crippen molar-refractivity contribution in [1.29, 1.82) is 0 Å². The summed E-state index contributed by atoms with van der Waals surface area (Å²) in [6.07, 6.45) is 0. The van der Waals surface area contributed by atoms with Crippen molar-refractivity contribution in [2.24, 2.45) is 0 Å².